The molecule has 0 saturated carbocycles. The van der Waals surface area contributed by atoms with Gasteiger partial charge in [0, 0.05) is 18.6 Å². The smallest absolute Gasteiger partial charge is 0.0616 e. The van der Waals surface area contributed by atoms with E-state index in [4.69, 9.17) is 4.74 Å². The zero-order chi connectivity index (χ0) is 13.2. The van der Waals surface area contributed by atoms with Gasteiger partial charge in [0.2, 0.25) is 0 Å². The molecule has 1 saturated heterocycles. The molecule has 1 rings (SSSR count). The molecule has 1 N–H and O–H groups in total. The molecular weight excluding hydrogens is 222 g/mol. The molecule has 108 valence electrons. The van der Waals surface area contributed by atoms with Crippen LogP contribution in [-0.4, -0.2) is 25.8 Å². The Morgan fingerprint density at radius 1 is 1.11 bits per heavy atom. The molecule has 2 nitrogen and oxygen atoms in total. The van der Waals surface area contributed by atoms with Gasteiger partial charge in [-0.05, 0) is 26.3 Å². The van der Waals surface area contributed by atoms with Gasteiger partial charge >= 0.3 is 0 Å². The Hall–Kier alpha value is -0.0800. The fraction of sp³-hybridized carbons (Fsp3) is 1.00. The first-order valence-corrected chi connectivity index (χ1v) is 8.12. The number of rotatable bonds is 10. The highest BCUT2D eigenvalue weighted by atomic mass is 16.5. The minimum Gasteiger partial charge on any atom is -0.378 e. The van der Waals surface area contributed by atoms with Gasteiger partial charge in [0.1, 0.15) is 0 Å². The fourth-order valence-corrected chi connectivity index (χ4v) is 3.26. The second kappa shape index (κ2) is 9.80. The maximum atomic E-state index is 5.82. The van der Waals surface area contributed by atoms with Crippen LogP contribution in [0.4, 0.5) is 0 Å². The Balaban J connectivity index is 2.16. The summed E-state index contributed by atoms with van der Waals surface area (Å²) in [5.74, 6) is 0.746. The first-order chi connectivity index (χ1) is 8.83. The number of hydrogen-bond acceptors (Lipinski definition) is 2. The molecule has 0 aromatic carbocycles. The summed E-state index contributed by atoms with van der Waals surface area (Å²) in [6, 6.07) is 0.670. The molecule has 0 aliphatic carbocycles. The monoisotopic (exact) mass is 255 g/mol. The van der Waals surface area contributed by atoms with Gasteiger partial charge in [-0.1, -0.05) is 52.4 Å². The lowest BCUT2D eigenvalue weighted by atomic mass is 9.88. The number of nitrogens with one attached hydrogen (secondary N) is 1. The molecule has 18 heavy (non-hydrogen) atoms. The lowest BCUT2D eigenvalue weighted by Gasteiger charge is -2.26. The van der Waals surface area contributed by atoms with Gasteiger partial charge in [-0.3, -0.25) is 0 Å². The standard InChI is InChI=1S/C16H33NO/c1-4-6-7-8-9-10-11-15(17-3)14-12-13-18-16(14)5-2/h14-17H,4-13H2,1-3H3. The molecule has 1 heterocycles. The average Bonchev–Trinajstić information content (AvgIpc) is 2.86. The molecule has 0 radical (unpaired) electrons. The van der Waals surface area contributed by atoms with Crippen molar-refractivity contribution in [3.63, 3.8) is 0 Å². The third kappa shape index (κ3) is 5.27. The van der Waals surface area contributed by atoms with E-state index in [-0.39, 0.29) is 0 Å². The van der Waals surface area contributed by atoms with E-state index in [9.17, 15) is 0 Å². The summed E-state index contributed by atoms with van der Waals surface area (Å²) in [4.78, 5) is 0. The normalized spacial score (nSPS) is 25.5. The van der Waals surface area contributed by atoms with Crippen molar-refractivity contribution in [3.8, 4) is 0 Å². The Bertz CT molecular complexity index is 196. The van der Waals surface area contributed by atoms with Crippen LogP contribution in [0.25, 0.3) is 0 Å². The fourth-order valence-electron chi connectivity index (χ4n) is 3.26. The maximum absolute atomic E-state index is 5.82. The van der Waals surface area contributed by atoms with Crippen LogP contribution in [0.3, 0.4) is 0 Å². The van der Waals surface area contributed by atoms with E-state index in [1.165, 1.54) is 57.8 Å². The first-order valence-electron chi connectivity index (χ1n) is 8.12. The SMILES string of the molecule is CCCCCCCCC(NC)C1CCOC1CC. The van der Waals surface area contributed by atoms with E-state index in [1.54, 1.807) is 0 Å². The molecule has 0 aromatic rings. The predicted molar refractivity (Wildman–Crippen MR) is 79.0 cm³/mol. The summed E-state index contributed by atoms with van der Waals surface area (Å²) in [6.07, 6.45) is 12.6. The van der Waals surface area contributed by atoms with Crippen LogP contribution in [0.2, 0.25) is 0 Å². The molecule has 2 heteroatoms. The van der Waals surface area contributed by atoms with Gasteiger partial charge < -0.3 is 10.1 Å². The Labute approximate surface area is 114 Å². The van der Waals surface area contributed by atoms with Crippen molar-refractivity contribution in [3.05, 3.63) is 0 Å². The number of hydrogen-bond donors (Lipinski definition) is 1. The molecular formula is C16H33NO. The Kier molecular flexibility index (Phi) is 8.70. The summed E-state index contributed by atoms with van der Waals surface area (Å²) in [7, 11) is 2.12. The minimum atomic E-state index is 0.502. The van der Waals surface area contributed by atoms with Crippen molar-refractivity contribution in [2.45, 2.75) is 83.8 Å². The maximum Gasteiger partial charge on any atom is 0.0616 e. The summed E-state index contributed by atoms with van der Waals surface area (Å²) < 4.78 is 5.82. The molecule has 3 atom stereocenters. The summed E-state index contributed by atoms with van der Waals surface area (Å²) in [5, 5.41) is 3.53. The first kappa shape index (κ1) is 16.0. The van der Waals surface area contributed by atoms with Crippen molar-refractivity contribution in [1.82, 2.24) is 5.32 Å². The zero-order valence-electron chi connectivity index (χ0n) is 12.7. The van der Waals surface area contributed by atoms with Gasteiger partial charge in [0.25, 0.3) is 0 Å². The van der Waals surface area contributed by atoms with Crippen LogP contribution < -0.4 is 5.32 Å². The van der Waals surface area contributed by atoms with E-state index >= 15 is 0 Å². The van der Waals surface area contributed by atoms with Crippen molar-refractivity contribution in [2.75, 3.05) is 13.7 Å². The van der Waals surface area contributed by atoms with E-state index in [2.05, 4.69) is 26.2 Å². The second-order valence-corrected chi connectivity index (χ2v) is 5.72. The van der Waals surface area contributed by atoms with E-state index < -0.39 is 0 Å². The molecule has 0 spiro atoms. The third-order valence-corrected chi connectivity index (χ3v) is 4.42. The van der Waals surface area contributed by atoms with Crippen molar-refractivity contribution in [1.29, 1.82) is 0 Å². The molecule has 0 amide bonds. The lowest BCUT2D eigenvalue weighted by molar-refractivity contribution is 0.0770. The van der Waals surface area contributed by atoms with Gasteiger partial charge in [-0.25, -0.2) is 0 Å². The topological polar surface area (TPSA) is 21.3 Å². The van der Waals surface area contributed by atoms with Crippen LogP contribution in [-0.2, 0) is 4.74 Å². The highest BCUT2D eigenvalue weighted by molar-refractivity contribution is 4.85. The number of unbranched alkanes of at least 4 members (excludes halogenated alkanes) is 5. The molecule has 0 bridgehead atoms. The second-order valence-electron chi connectivity index (χ2n) is 5.72. The minimum absolute atomic E-state index is 0.502. The highest BCUT2D eigenvalue weighted by Crippen LogP contribution is 2.28. The lowest BCUT2D eigenvalue weighted by Crippen LogP contribution is -2.37. The quantitative estimate of drug-likeness (QED) is 0.592. The van der Waals surface area contributed by atoms with E-state index in [0.717, 1.165) is 12.5 Å². The summed E-state index contributed by atoms with van der Waals surface area (Å²) >= 11 is 0. The van der Waals surface area contributed by atoms with Gasteiger partial charge in [-0.15, -0.1) is 0 Å². The van der Waals surface area contributed by atoms with Crippen molar-refractivity contribution < 1.29 is 4.74 Å². The van der Waals surface area contributed by atoms with Crippen molar-refractivity contribution in [2.24, 2.45) is 5.92 Å². The van der Waals surface area contributed by atoms with Crippen LogP contribution in [0.1, 0.15) is 71.6 Å². The molecule has 1 fully saturated rings. The van der Waals surface area contributed by atoms with Gasteiger partial charge in [-0.2, -0.15) is 0 Å². The highest BCUT2D eigenvalue weighted by Gasteiger charge is 2.32. The Morgan fingerprint density at radius 3 is 2.50 bits per heavy atom. The van der Waals surface area contributed by atoms with Crippen LogP contribution >= 0.6 is 0 Å². The van der Waals surface area contributed by atoms with Crippen LogP contribution in [0.15, 0.2) is 0 Å². The van der Waals surface area contributed by atoms with E-state index in [1.807, 2.05) is 0 Å². The molecule has 0 aromatic heterocycles. The Morgan fingerprint density at radius 2 is 1.83 bits per heavy atom. The van der Waals surface area contributed by atoms with Gasteiger partial charge in [0.15, 0.2) is 0 Å². The zero-order valence-corrected chi connectivity index (χ0v) is 12.7. The molecule has 1 aliphatic heterocycles. The molecule has 3 unspecified atom stereocenters. The van der Waals surface area contributed by atoms with Crippen LogP contribution in [0, 0.1) is 5.92 Å². The van der Waals surface area contributed by atoms with Gasteiger partial charge in [0.05, 0.1) is 6.10 Å². The van der Waals surface area contributed by atoms with Crippen LogP contribution in [0.5, 0.6) is 0 Å². The largest absolute Gasteiger partial charge is 0.378 e. The third-order valence-electron chi connectivity index (χ3n) is 4.42. The predicted octanol–water partition coefficient (Wildman–Crippen LogP) is 4.14. The number of ether oxygens (including phenoxy) is 1. The average molecular weight is 255 g/mol. The molecule has 1 aliphatic rings. The summed E-state index contributed by atoms with van der Waals surface area (Å²) in [5.41, 5.74) is 0. The van der Waals surface area contributed by atoms with Crippen molar-refractivity contribution >= 4 is 0 Å². The van der Waals surface area contributed by atoms with E-state index in [0.29, 0.717) is 12.1 Å². The summed E-state index contributed by atoms with van der Waals surface area (Å²) in [6.45, 7) is 5.50.